The molecule has 6 heteroatoms. The summed E-state index contributed by atoms with van der Waals surface area (Å²) in [6.07, 6.45) is 8.09. The molecule has 2 aromatic rings. The van der Waals surface area contributed by atoms with Crippen LogP contribution >= 0.6 is 0 Å². The summed E-state index contributed by atoms with van der Waals surface area (Å²) in [6.45, 7) is 5.12. The first-order valence-electron chi connectivity index (χ1n) is 8.87. The molecule has 2 fully saturated rings. The summed E-state index contributed by atoms with van der Waals surface area (Å²) in [6, 6.07) is 5.55. The van der Waals surface area contributed by atoms with Gasteiger partial charge in [-0.1, -0.05) is 0 Å². The minimum absolute atomic E-state index is 0.500. The van der Waals surface area contributed by atoms with Crippen molar-refractivity contribution in [3.8, 4) is 0 Å². The van der Waals surface area contributed by atoms with Gasteiger partial charge in [-0.25, -0.2) is 4.98 Å². The van der Waals surface area contributed by atoms with Crippen LogP contribution in [0.5, 0.6) is 0 Å². The van der Waals surface area contributed by atoms with Gasteiger partial charge < -0.3 is 15.0 Å². The molecule has 2 aliphatic rings. The molecule has 0 spiro atoms. The molecule has 1 unspecified atom stereocenters. The fourth-order valence-corrected chi connectivity index (χ4v) is 3.46. The van der Waals surface area contributed by atoms with Crippen LogP contribution in [0.15, 0.2) is 29.5 Å². The van der Waals surface area contributed by atoms with Crippen LogP contribution in [0.4, 0.5) is 0 Å². The molecule has 1 aliphatic carbocycles. The zero-order chi connectivity index (χ0) is 16.5. The molecule has 128 valence electrons. The van der Waals surface area contributed by atoms with Gasteiger partial charge in [0.25, 0.3) is 0 Å². The van der Waals surface area contributed by atoms with Crippen molar-refractivity contribution in [3.63, 3.8) is 0 Å². The molecule has 24 heavy (non-hydrogen) atoms. The van der Waals surface area contributed by atoms with Gasteiger partial charge in [-0.15, -0.1) is 0 Å². The van der Waals surface area contributed by atoms with Gasteiger partial charge in [0.05, 0.1) is 12.2 Å². The summed E-state index contributed by atoms with van der Waals surface area (Å²) in [4.78, 5) is 11.6. The predicted octanol–water partition coefficient (Wildman–Crippen LogP) is 1.54. The van der Waals surface area contributed by atoms with E-state index < -0.39 is 0 Å². The molecule has 6 nitrogen and oxygen atoms in total. The van der Waals surface area contributed by atoms with E-state index in [1.165, 1.54) is 31.4 Å². The maximum absolute atomic E-state index is 4.66. The number of rotatable bonds is 4. The van der Waals surface area contributed by atoms with Gasteiger partial charge in [-0.3, -0.25) is 9.89 Å². The Bertz CT molecular complexity index is 745. The van der Waals surface area contributed by atoms with Gasteiger partial charge in [0, 0.05) is 44.6 Å². The summed E-state index contributed by atoms with van der Waals surface area (Å²) >= 11 is 0. The average molecular weight is 326 g/mol. The highest BCUT2D eigenvalue weighted by molar-refractivity contribution is 5.80. The number of aromatic nitrogens is 2. The molecule has 1 atom stereocenters. The Balaban J connectivity index is 1.32. The van der Waals surface area contributed by atoms with Crippen molar-refractivity contribution in [1.29, 1.82) is 0 Å². The molecular formula is C18H26N6. The van der Waals surface area contributed by atoms with Crippen LogP contribution in [-0.2, 0) is 6.54 Å². The van der Waals surface area contributed by atoms with Crippen molar-refractivity contribution in [2.24, 2.45) is 4.99 Å². The van der Waals surface area contributed by atoms with Crippen LogP contribution in [0.25, 0.3) is 5.65 Å². The lowest BCUT2D eigenvalue weighted by molar-refractivity contribution is 0.321. The first-order chi connectivity index (χ1) is 11.7. The third-order valence-corrected chi connectivity index (χ3v) is 4.95. The van der Waals surface area contributed by atoms with Crippen LogP contribution in [0.2, 0.25) is 0 Å². The molecule has 2 aromatic heterocycles. The number of nitrogens with zero attached hydrogens (tertiary/aromatic N) is 4. The molecule has 3 heterocycles. The predicted molar refractivity (Wildman–Crippen MR) is 96.3 cm³/mol. The Morgan fingerprint density at radius 3 is 3.04 bits per heavy atom. The van der Waals surface area contributed by atoms with Crippen molar-refractivity contribution in [2.45, 2.75) is 44.8 Å². The first-order valence-corrected chi connectivity index (χ1v) is 8.87. The van der Waals surface area contributed by atoms with Crippen LogP contribution in [0, 0.1) is 6.92 Å². The van der Waals surface area contributed by atoms with Crippen molar-refractivity contribution < 1.29 is 0 Å². The minimum Gasteiger partial charge on any atom is -0.352 e. The highest BCUT2D eigenvalue weighted by Crippen LogP contribution is 2.29. The largest absolute Gasteiger partial charge is 0.352 e. The molecule has 0 aromatic carbocycles. The second-order valence-corrected chi connectivity index (χ2v) is 6.98. The van der Waals surface area contributed by atoms with E-state index in [-0.39, 0.29) is 0 Å². The number of hydrogen-bond acceptors (Lipinski definition) is 3. The van der Waals surface area contributed by atoms with Crippen LogP contribution < -0.4 is 10.6 Å². The third kappa shape index (κ3) is 3.38. The number of fused-ring (bicyclic) bond motifs is 1. The summed E-state index contributed by atoms with van der Waals surface area (Å²) in [5.41, 5.74) is 3.24. The summed E-state index contributed by atoms with van der Waals surface area (Å²) in [7, 11) is 1.83. The maximum atomic E-state index is 4.66. The highest BCUT2D eigenvalue weighted by Gasteiger charge is 2.34. The van der Waals surface area contributed by atoms with Gasteiger partial charge >= 0.3 is 0 Å². The zero-order valence-corrected chi connectivity index (χ0v) is 14.5. The summed E-state index contributed by atoms with van der Waals surface area (Å²) < 4.78 is 2.06. The lowest BCUT2D eigenvalue weighted by atomic mass is 10.3. The van der Waals surface area contributed by atoms with Crippen molar-refractivity contribution in [2.75, 3.05) is 20.1 Å². The third-order valence-electron chi connectivity index (χ3n) is 4.95. The van der Waals surface area contributed by atoms with Crippen molar-refractivity contribution in [1.82, 2.24) is 24.9 Å². The second kappa shape index (κ2) is 6.43. The Morgan fingerprint density at radius 2 is 2.25 bits per heavy atom. The van der Waals surface area contributed by atoms with Gasteiger partial charge in [0.2, 0.25) is 0 Å². The lowest BCUT2D eigenvalue weighted by Gasteiger charge is -2.18. The number of hydrogen-bond donors (Lipinski definition) is 2. The van der Waals surface area contributed by atoms with Crippen LogP contribution in [-0.4, -0.2) is 52.5 Å². The minimum atomic E-state index is 0.500. The van der Waals surface area contributed by atoms with E-state index in [0.29, 0.717) is 12.6 Å². The molecule has 4 rings (SSSR count). The number of imidazole rings is 1. The van der Waals surface area contributed by atoms with Gasteiger partial charge in [0.1, 0.15) is 5.65 Å². The number of guanidine groups is 1. The second-order valence-electron chi connectivity index (χ2n) is 6.98. The zero-order valence-electron chi connectivity index (χ0n) is 14.5. The Hall–Kier alpha value is -2.08. The Labute approximate surface area is 143 Å². The lowest BCUT2D eigenvalue weighted by Crippen LogP contribution is -2.44. The monoisotopic (exact) mass is 326 g/mol. The van der Waals surface area contributed by atoms with Crippen LogP contribution in [0.3, 0.4) is 0 Å². The molecule has 0 radical (unpaired) electrons. The number of nitrogens with one attached hydrogen (secondary N) is 2. The Kier molecular flexibility index (Phi) is 4.14. The van der Waals surface area contributed by atoms with Crippen molar-refractivity contribution in [3.05, 3.63) is 35.8 Å². The number of pyridine rings is 1. The molecular weight excluding hydrogens is 300 g/mol. The van der Waals surface area contributed by atoms with E-state index in [1.807, 2.05) is 7.05 Å². The van der Waals surface area contributed by atoms with E-state index in [1.54, 1.807) is 0 Å². The van der Waals surface area contributed by atoms with Crippen molar-refractivity contribution >= 4 is 11.6 Å². The molecule has 2 N–H and O–H groups in total. The van der Waals surface area contributed by atoms with E-state index >= 15 is 0 Å². The quantitative estimate of drug-likeness (QED) is 0.661. The standard InChI is InChI=1S/C18H26N6/c1-13-5-7-24-12-15(21-17(24)9-13)10-20-18(19-2)22-14-6-8-23(11-14)16-3-4-16/h5,7,9,12,14,16H,3-4,6,8,10-11H2,1-2H3,(H2,19,20,22). The molecule has 1 aliphatic heterocycles. The molecule has 0 bridgehead atoms. The Morgan fingerprint density at radius 1 is 1.38 bits per heavy atom. The number of likely N-dealkylation sites (tertiary alicyclic amines) is 1. The fraction of sp³-hybridized carbons (Fsp3) is 0.556. The topological polar surface area (TPSA) is 57.0 Å². The van der Waals surface area contributed by atoms with Gasteiger partial charge in [-0.2, -0.15) is 0 Å². The maximum Gasteiger partial charge on any atom is 0.191 e. The number of aryl methyl sites for hydroxylation is 1. The first kappa shape index (κ1) is 15.4. The molecule has 1 saturated heterocycles. The van der Waals surface area contributed by atoms with Gasteiger partial charge in [0.15, 0.2) is 5.96 Å². The molecule has 0 amide bonds. The van der Waals surface area contributed by atoms with E-state index in [9.17, 15) is 0 Å². The van der Waals surface area contributed by atoms with Crippen LogP contribution in [0.1, 0.15) is 30.5 Å². The van der Waals surface area contributed by atoms with Gasteiger partial charge in [-0.05, 0) is 43.9 Å². The van der Waals surface area contributed by atoms with E-state index in [4.69, 9.17) is 0 Å². The average Bonchev–Trinajstić information content (AvgIpc) is 3.19. The smallest absolute Gasteiger partial charge is 0.191 e. The SMILES string of the molecule is CN=C(NCc1cn2ccc(C)cc2n1)NC1CCN(C2CC2)C1. The summed E-state index contributed by atoms with van der Waals surface area (Å²) in [5.74, 6) is 0.867. The molecule has 1 saturated carbocycles. The van der Waals surface area contributed by atoms with E-state index in [2.05, 4.69) is 61.4 Å². The highest BCUT2D eigenvalue weighted by atomic mass is 15.3. The van der Waals surface area contributed by atoms with E-state index in [0.717, 1.165) is 29.9 Å². The number of aliphatic imine (C=N–C) groups is 1. The summed E-state index contributed by atoms with van der Waals surface area (Å²) in [5, 5.41) is 6.95. The normalized spacial score (nSPS) is 22.2. The fourth-order valence-electron chi connectivity index (χ4n) is 3.46.